The van der Waals surface area contributed by atoms with Crippen LogP contribution in [0.4, 0.5) is 0 Å². The molecule has 2 rings (SSSR count). The molecule has 21 heavy (non-hydrogen) atoms. The molecule has 0 aromatic heterocycles. The summed E-state index contributed by atoms with van der Waals surface area (Å²) in [7, 11) is 0. The number of carbonyl (C=O) groups is 2. The third kappa shape index (κ3) is 3.72. The highest BCUT2D eigenvalue weighted by atomic mass is 16.5. The maximum absolute atomic E-state index is 12.1. The maximum atomic E-state index is 12.1. The van der Waals surface area contributed by atoms with Gasteiger partial charge in [-0.15, -0.1) is 0 Å². The lowest BCUT2D eigenvalue weighted by Crippen LogP contribution is -2.39. The minimum Gasteiger partial charge on any atom is -0.482 e. The van der Waals surface area contributed by atoms with Gasteiger partial charge >= 0.3 is 5.97 Å². The predicted molar refractivity (Wildman–Crippen MR) is 73.6 cm³/mol. The van der Waals surface area contributed by atoms with Crippen molar-refractivity contribution in [2.75, 3.05) is 13.2 Å². The van der Waals surface area contributed by atoms with E-state index in [2.05, 4.69) is 0 Å². The van der Waals surface area contributed by atoms with Crippen molar-refractivity contribution in [2.45, 2.75) is 25.3 Å². The molecule has 6 nitrogen and oxygen atoms in total. The van der Waals surface area contributed by atoms with Crippen molar-refractivity contribution >= 4 is 11.9 Å². The number of hydrogen-bond donors (Lipinski definition) is 1. The van der Waals surface area contributed by atoms with E-state index in [-0.39, 0.29) is 25.0 Å². The van der Waals surface area contributed by atoms with Crippen LogP contribution in [0, 0.1) is 11.3 Å². The molecule has 110 valence electrons. The van der Waals surface area contributed by atoms with Crippen LogP contribution in [-0.4, -0.2) is 41.1 Å². The third-order valence-electron chi connectivity index (χ3n) is 3.47. The Hall–Kier alpha value is -2.55. The average molecular weight is 288 g/mol. The highest BCUT2D eigenvalue weighted by molar-refractivity contribution is 5.79. The highest BCUT2D eigenvalue weighted by Gasteiger charge is 2.30. The Morgan fingerprint density at radius 2 is 2.19 bits per heavy atom. The quantitative estimate of drug-likeness (QED) is 0.884. The summed E-state index contributed by atoms with van der Waals surface area (Å²) in [5, 5.41) is 17.8. The van der Waals surface area contributed by atoms with Gasteiger partial charge in [-0.3, -0.25) is 9.59 Å². The summed E-state index contributed by atoms with van der Waals surface area (Å²) in [6, 6.07) is 8.42. The minimum atomic E-state index is -0.907. The van der Waals surface area contributed by atoms with Crippen LogP contribution in [0.2, 0.25) is 0 Å². The van der Waals surface area contributed by atoms with Crippen molar-refractivity contribution in [1.29, 1.82) is 5.26 Å². The van der Waals surface area contributed by atoms with Crippen molar-refractivity contribution in [2.24, 2.45) is 0 Å². The van der Waals surface area contributed by atoms with E-state index in [1.165, 1.54) is 0 Å². The lowest BCUT2D eigenvalue weighted by Gasteiger charge is -2.23. The lowest BCUT2D eigenvalue weighted by molar-refractivity contribution is -0.140. The molecule has 6 heteroatoms. The van der Waals surface area contributed by atoms with Gasteiger partial charge in [0.05, 0.1) is 12.0 Å². The maximum Gasteiger partial charge on any atom is 0.305 e. The summed E-state index contributed by atoms with van der Waals surface area (Å²) >= 11 is 0. The zero-order chi connectivity index (χ0) is 15.2. The first-order valence-electron chi connectivity index (χ1n) is 6.75. The fourth-order valence-electron chi connectivity index (χ4n) is 2.49. The fraction of sp³-hybridized carbons (Fsp3) is 0.400. The number of carboxylic acids is 1. The molecule has 1 atom stereocenters. The van der Waals surface area contributed by atoms with Crippen molar-refractivity contribution in [3.63, 3.8) is 0 Å². The molecule has 0 bridgehead atoms. The second-order valence-corrected chi connectivity index (χ2v) is 4.88. The number of amides is 1. The Morgan fingerprint density at radius 3 is 2.90 bits per heavy atom. The lowest BCUT2D eigenvalue weighted by atomic mass is 10.1. The number of rotatable bonds is 5. The fourth-order valence-corrected chi connectivity index (χ4v) is 2.49. The first-order chi connectivity index (χ1) is 10.1. The zero-order valence-electron chi connectivity index (χ0n) is 11.5. The van der Waals surface area contributed by atoms with Gasteiger partial charge in [-0.1, -0.05) is 12.1 Å². The van der Waals surface area contributed by atoms with Gasteiger partial charge in [-0.25, -0.2) is 0 Å². The van der Waals surface area contributed by atoms with Crippen LogP contribution in [0.1, 0.15) is 24.8 Å². The van der Waals surface area contributed by atoms with Crippen LogP contribution < -0.4 is 4.74 Å². The van der Waals surface area contributed by atoms with Crippen LogP contribution in [0.15, 0.2) is 24.3 Å². The molecule has 1 aliphatic heterocycles. The minimum absolute atomic E-state index is 0.0411. The number of carbonyl (C=O) groups excluding carboxylic acids is 1. The second kappa shape index (κ2) is 6.75. The molecule has 1 unspecified atom stereocenters. The Balaban J connectivity index is 1.95. The van der Waals surface area contributed by atoms with Gasteiger partial charge in [0.25, 0.3) is 5.91 Å². The molecular weight excluding hydrogens is 272 g/mol. The summed E-state index contributed by atoms with van der Waals surface area (Å²) < 4.78 is 5.39. The van der Waals surface area contributed by atoms with E-state index in [4.69, 9.17) is 15.1 Å². The van der Waals surface area contributed by atoms with Gasteiger partial charge in [0, 0.05) is 12.6 Å². The number of hydrogen-bond acceptors (Lipinski definition) is 4. The number of para-hydroxylation sites is 1. The Labute approximate surface area is 122 Å². The summed E-state index contributed by atoms with van der Waals surface area (Å²) in [5.74, 6) is -0.788. The molecule has 1 fully saturated rings. The molecule has 1 aliphatic rings. The van der Waals surface area contributed by atoms with Crippen molar-refractivity contribution in [1.82, 2.24) is 4.90 Å². The summed E-state index contributed by atoms with van der Waals surface area (Å²) in [6.07, 6.45) is 1.46. The van der Waals surface area contributed by atoms with Crippen LogP contribution in [-0.2, 0) is 9.59 Å². The van der Waals surface area contributed by atoms with Crippen LogP contribution in [0.3, 0.4) is 0 Å². The molecular formula is C15H16N2O4. The first-order valence-corrected chi connectivity index (χ1v) is 6.75. The van der Waals surface area contributed by atoms with E-state index in [1.54, 1.807) is 29.2 Å². The number of nitrogens with zero attached hydrogens (tertiary/aromatic N) is 2. The number of nitriles is 1. The smallest absolute Gasteiger partial charge is 0.305 e. The molecule has 1 heterocycles. The monoisotopic (exact) mass is 288 g/mol. The summed E-state index contributed by atoms with van der Waals surface area (Å²) in [4.78, 5) is 24.5. The van der Waals surface area contributed by atoms with E-state index in [9.17, 15) is 9.59 Å². The number of carboxylic acid groups (broad SMARTS) is 1. The molecule has 1 aromatic carbocycles. The molecule has 1 saturated heterocycles. The molecule has 0 spiro atoms. The van der Waals surface area contributed by atoms with Crippen molar-refractivity contribution in [3.8, 4) is 11.8 Å². The van der Waals surface area contributed by atoms with Gasteiger partial charge in [0.1, 0.15) is 11.8 Å². The molecule has 1 aromatic rings. The Morgan fingerprint density at radius 1 is 1.43 bits per heavy atom. The largest absolute Gasteiger partial charge is 0.482 e. The van der Waals surface area contributed by atoms with E-state index in [1.807, 2.05) is 6.07 Å². The molecule has 1 amide bonds. The van der Waals surface area contributed by atoms with E-state index >= 15 is 0 Å². The van der Waals surface area contributed by atoms with Gasteiger partial charge in [-0.2, -0.15) is 5.26 Å². The Kier molecular flexibility index (Phi) is 4.77. The predicted octanol–water partition coefficient (Wildman–Crippen LogP) is 1.40. The van der Waals surface area contributed by atoms with Crippen LogP contribution in [0.5, 0.6) is 5.75 Å². The summed E-state index contributed by atoms with van der Waals surface area (Å²) in [5.41, 5.74) is 0.369. The van der Waals surface area contributed by atoms with Crippen LogP contribution in [0.25, 0.3) is 0 Å². The van der Waals surface area contributed by atoms with Gasteiger partial charge < -0.3 is 14.7 Å². The SMILES string of the molecule is N#Cc1ccccc1OCC(=O)N1CCCC1CC(=O)O. The van der Waals surface area contributed by atoms with E-state index < -0.39 is 5.97 Å². The molecule has 0 radical (unpaired) electrons. The van der Waals surface area contributed by atoms with E-state index in [0.717, 1.165) is 6.42 Å². The van der Waals surface area contributed by atoms with Crippen molar-refractivity contribution < 1.29 is 19.4 Å². The number of aliphatic carboxylic acids is 1. The van der Waals surface area contributed by atoms with Crippen molar-refractivity contribution in [3.05, 3.63) is 29.8 Å². The number of benzene rings is 1. The molecule has 0 saturated carbocycles. The van der Waals surface area contributed by atoms with Gasteiger partial charge in [0.15, 0.2) is 6.61 Å². The molecule has 1 N–H and O–H groups in total. The highest BCUT2D eigenvalue weighted by Crippen LogP contribution is 2.21. The van der Waals surface area contributed by atoms with Crippen LogP contribution >= 0.6 is 0 Å². The number of likely N-dealkylation sites (tertiary alicyclic amines) is 1. The standard InChI is InChI=1S/C15H16N2O4/c16-9-11-4-1-2-6-13(11)21-10-14(18)17-7-3-5-12(17)8-15(19)20/h1-2,4,6,12H,3,5,7-8,10H2,(H,19,20). The number of ether oxygens (including phenoxy) is 1. The van der Waals surface area contributed by atoms with Gasteiger partial charge in [-0.05, 0) is 25.0 Å². The van der Waals surface area contributed by atoms with E-state index in [0.29, 0.717) is 24.3 Å². The molecule has 0 aliphatic carbocycles. The zero-order valence-corrected chi connectivity index (χ0v) is 11.5. The second-order valence-electron chi connectivity index (χ2n) is 4.88. The normalized spacial score (nSPS) is 17.3. The Bertz CT molecular complexity index is 579. The first kappa shape index (κ1) is 14.9. The third-order valence-corrected chi connectivity index (χ3v) is 3.47. The summed E-state index contributed by atoms with van der Waals surface area (Å²) in [6.45, 7) is 0.370. The van der Waals surface area contributed by atoms with Gasteiger partial charge in [0.2, 0.25) is 0 Å². The average Bonchev–Trinajstić information content (AvgIpc) is 2.92. The topological polar surface area (TPSA) is 90.6 Å².